The van der Waals surface area contributed by atoms with E-state index in [-0.39, 0.29) is 0 Å². The smallest absolute Gasteiger partial charge is 0.0663 e. The van der Waals surface area contributed by atoms with E-state index in [0.29, 0.717) is 22.3 Å². The zero-order valence-electron chi connectivity index (χ0n) is 8.21. The summed E-state index contributed by atoms with van der Waals surface area (Å²) in [5.41, 5.74) is 1.26. The molecule has 0 spiro atoms. The Kier molecular flexibility index (Phi) is 3.56. The zero-order valence-corrected chi connectivity index (χ0v) is 10.5. The maximum absolute atomic E-state index is 7.64. The van der Waals surface area contributed by atoms with E-state index < -0.39 is 0 Å². The lowest BCUT2D eigenvalue weighted by Gasteiger charge is -2.22. The second-order valence-electron chi connectivity index (χ2n) is 3.32. The second kappa shape index (κ2) is 4.77. The second-order valence-corrected chi connectivity index (χ2v) is 5.26. The van der Waals surface area contributed by atoms with Crippen LogP contribution in [0, 0.1) is 5.41 Å². The van der Waals surface area contributed by atoms with Gasteiger partial charge in [-0.25, -0.2) is 0 Å². The molecular weight excluding hydrogens is 265 g/mol. The molecule has 0 aromatic heterocycles. The fraction of sp³-hybridized carbons (Fsp3) is 0.100. The molecular formula is C10H9Cl2N3S. The molecule has 0 saturated carbocycles. The van der Waals surface area contributed by atoms with Crippen LogP contribution >= 0.6 is 35.1 Å². The summed E-state index contributed by atoms with van der Waals surface area (Å²) in [5.74, 6) is 5.68. The van der Waals surface area contributed by atoms with E-state index in [1.807, 2.05) is 0 Å². The van der Waals surface area contributed by atoms with Crippen LogP contribution in [0.25, 0.3) is 4.91 Å². The maximum Gasteiger partial charge on any atom is 0.0663 e. The largest absolute Gasteiger partial charge is 0.304 e. The van der Waals surface area contributed by atoms with Gasteiger partial charge < -0.3 is 5.41 Å². The van der Waals surface area contributed by atoms with Crippen LogP contribution in [0.4, 0.5) is 0 Å². The molecule has 1 aromatic carbocycles. The summed E-state index contributed by atoms with van der Waals surface area (Å²) >= 11 is 13.4. The summed E-state index contributed by atoms with van der Waals surface area (Å²) in [6.45, 7) is 0.423. The van der Waals surface area contributed by atoms with Crippen molar-refractivity contribution in [2.75, 3.05) is 6.54 Å². The Balaban J connectivity index is 2.44. The van der Waals surface area contributed by atoms with Crippen molar-refractivity contribution in [3.05, 3.63) is 39.9 Å². The molecule has 3 nitrogen and oxygen atoms in total. The van der Waals surface area contributed by atoms with E-state index >= 15 is 0 Å². The van der Waals surface area contributed by atoms with Crippen LogP contribution in [0.15, 0.2) is 24.3 Å². The zero-order chi connectivity index (χ0) is 11.7. The summed E-state index contributed by atoms with van der Waals surface area (Å²) in [6, 6.07) is 5.24. The van der Waals surface area contributed by atoms with Gasteiger partial charge in [0, 0.05) is 26.2 Å². The Labute approximate surface area is 108 Å². The quantitative estimate of drug-likeness (QED) is 0.610. The minimum Gasteiger partial charge on any atom is -0.304 e. The number of hydrazine groups is 1. The van der Waals surface area contributed by atoms with Gasteiger partial charge in [-0.05, 0) is 36.2 Å². The fourth-order valence-corrected chi connectivity index (χ4v) is 2.74. The number of nitrogens with zero attached hydrogens (tertiary/aromatic N) is 1. The van der Waals surface area contributed by atoms with Crippen LogP contribution in [0.1, 0.15) is 5.56 Å². The first-order valence-electron chi connectivity index (χ1n) is 4.51. The number of benzene rings is 1. The predicted octanol–water partition coefficient (Wildman–Crippen LogP) is 3.19. The molecule has 6 heteroatoms. The monoisotopic (exact) mass is 273 g/mol. The molecule has 0 unspecified atom stereocenters. The third-order valence-corrected chi connectivity index (χ3v) is 3.50. The first kappa shape index (κ1) is 12.0. The molecule has 16 heavy (non-hydrogen) atoms. The van der Waals surface area contributed by atoms with Crippen LogP contribution < -0.4 is 5.84 Å². The molecule has 1 heterocycles. The van der Waals surface area contributed by atoms with Gasteiger partial charge in [-0.15, -0.1) is 0 Å². The summed E-state index contributed by atoms with van der Waals surface area (Å²) in [6.07, 6.45) is 1.76. The van der Waals surface area contributed by atoms with Crippen LogP contribution in [0.3, 0.4) is 0 Å². The molecule has 0 bridgehead atoms. The number of nitrogens with one attached hydrogen (secondary N) is 1. The third kappa shape index (κ3) is 2.59. The van der Waals surface area contributed by atoms with E-state index in [9.17, 15) is 0 Å². The molecule has 1 aliphatic rings. The van der Waals surface area contributed by atoms with Gasteiger partial charge >= 0.3 is 0 Å². The van der Waals surface area contributed by atoms with Gasteiger partial charge in [0.2, 0.25) is 0 Å². The lowest BCUT2D eigenvalue weighted by atomic mass is 10.2. The third-order valence-electron chi connectivity index (χ3n) is 2.04. The molecule has 0 fully saturated rings. The van der Waals surface area contributed by atoms with Gasteiger partial charge in [0.05, 0.1) is 6.54 Å². The highest BCUT2D eigenvalue weighted by Crippen LogP contribution is 2.36. The maximum atomic E-state index is 7.64. The molecule has 2 rings (SSSR count). The molecule has 84 valence electrons. The van der Waals surface area contributed by atoms with E-state index in [2.05, 4.69) is 0 Å². The molecule has 0 amide bonds. The number of rotatable bonds is 1. The number of hydrogen-bond acceptors (Lipinski definition) is 4. The van der Waals surface area contributed by atoms with Gasteiger partial charge in [-0.2, -0.15) is 4.41 Å². The highest BCUT2D eigenvalue weighted by atomic mass is 35.5. The Morgan fingerprint density at radius 2 is 2.12 bits per heavy atom. The van der Waals surface area contributed by atoms with E-state index in [1.54, 1.807) is 24.3 Å². The van der Waals surface area contributed by atoms with E-state index in [4.69, 9.17) is 34.5 Å². The van der Waals surface area contributed by atoms with E-state index in [1.165, 1.54) is 16.4 Å². The summed E-state index contributed by atoms with van der Waals surface area (Å²) in [4.78, 5) is 0.839. The van der Waals surface area contributed by atoms with Gasteiger partial charge in [0.15, 0.2) is 0 Å². The van der Waals surface area contributed by atoms with E-state index in [0.717, 1.165) is 10.5 Å². The topological polar surface area (TPSA) is 53.1 Å². The van der Waals surface area contributed by atoms with Crippen LogP contribution in [0.2, 0.25) is 10.0 Å². The van der Waals surface area contributed by atoms with Gasteiger partial charge in [0.25, 0.3) is 0 Å². The lowest BCUT2D eigenvalue weighted by molar-refractivity contribution is 0.572. The lowest BCUT2D eigenvalue weighted by Crippen LogP contribution is -2.31. The van der Waals surface area contributed by atoms with Crippen molar-refractivity contribution < 1.29 is 0 Å². The first-order chi connectivity index (χ1) is 7.56. The molecule has 0 radical (unpaired) electrons. The van der Waals surface area contributed by atoms with Gasteiger partial charge in [0.1, 0.15) is 0 Å². The molecule has 0 saturated heterocycles. The SMILES string of the molecule is N=C1C=C(c2cc(Cl)ccc2Cl)SN(N)C1. The Morgan fingerprint density at radius 3 is 2.81 bits per heavy atom. The van der Waals surface area contributed by atoms with Crippen molar-refractivity contribution in [3.63, 3.8) is 0 Å². The summed E-state index contributed by atoms with van der Waals surface area (Å²) in [7, 11) is 0. The normalized spacial score (nSPS) is 17.4. The standard InChI is InChI=1S/C10H9Cl2N3S/c11-6-1-2-9(12)8(3-6)10-4-7(13)5-15(14)16-10/h1-4,13H,5,14H2. The number of hydrogen-bond donors (Lipinski definition) is 2. The van der Waals surface area contributed by atoms with Crippen LogP contribution in [0.5, 0.6) is 0 Å². The van der Waals surface area contributed by atoms with Crippen LogP contribution in [-0.2, 0) is 0 Å². The number of nitrogens with two attached hydrogens (primary N) is 1. The average Bonchev–Trinajstić information content (AvgIpc) is 2.20. The minimum atomic E-state index is 0.423. The minimum absolute atomic E-state index is 0.423. The molecule has 3 N–H and O–H groups in total. The van der Waals surface area contributed by atoms with Crippen molar-refractivity contribution in [3.8, 4) is 0 Å². The van der Waals surface area contributed by atoms with Crippen molar-refractivity contribution in [1.29, 1.82) is 5.41 Å². The van der Waals surface area contributed by atoms with Gasteiger partial charge in [-0.3, -0.25) is 5.84 Å². The molecule has 0 atom stereocenters. The summed E-state index contributed by atoms with van der Waals surface area (Å²) < 4.78 is 1.49. The van der Waals surface area contributed by atoms with Crippen molar-refractivity contribution in [2.45, 2.75) is 0 Å². The highest BCUT2D eigenvalue weighted by Gasteiger charge is 2.17. The summed E-state index contributed by atoms with van der Waals surface area (Å²) in [5, 5.41) is 8.85. The number of halogens is 2. The molecule has 0 aliphatic carbocycles. The molecule has 1 aromatic rings. The fourth-order valence-electron chi connectivity index (χ4n) is 1.37. The Bertz CT molecular complexity index is 473. The Hall–Kier alpha value is -0.520. The van der Waals surface area contributed by atoms with Gasteiger partial charge in [-0.1, -0.05) is 23.2 Å². The van der Waals surface area contributed by atoms with Crippen molar-refractivity contribution in [2.24, 2.45) is 5.84 Å². The Morgan fingerprint density at radius 1 is 1.38 bits per heavy atom. The average molecular weight is 274 g/mol. The van der Waals surface area contributed by atoms with Crippen molar-refractivity contribution in [1.82, 2.24) is 4.41 Å². The van der Waals surface area contributed by atoms with Crippen LogP contribution in [-0.4, -0.2) is 16.7 Å². The molecule has 1 aliphatic heterocycles. The highest BCUT2D eigenvalue weighted by molar-refractivity contribution is 8.06. The van der Waals surface area contributed by atoms with Crippen molar-refractivity contribution >= 4 is 45.8 Å². The first-order valence-corrected chi connectivity index (χ1v) is 6.04. The predicted molar refractivity (Wildman–Crippen MR) is 70.7 cm³/mol.